The van der Waals surface area contributed by atoms with Gasteiger partial charge in [-0.1, -0.05) is 93.3 Å². The summed E-state index contributed by atoms with van der Waals surface area (Å²) in [6, 6.07) is 7.93. The average molecular weight is 704 g/mol. The summed E-state index contributed by atoms with van der Waals surface area (Å²) in [6.45, 7) is 1.76. The van der Waals surface area contributed by atoms with Crippen LogP contribution in [0.25, 0.3) is 28.2 Å². The van der Waals surface area contributed by atoms with E-state index in [0.717, 1.165) is 0 Å². The molecule has 1 fully saturated rings. The molecule has 5 rings (SSSR count). The second-order valence-electron chi connectivity index (χ2n) is 10.3. The lowest BCUT2D eigenvalue weighted by atomic mass is 9.65. The maximum absolute atomic E-state index is 14.5. The van der Waals surface area contributed by atoms with Crippen LogP contribution in [-0.4, -0.2) is 36.4 Å². The molecule has 1 aliphatic carbocycles. The Morgan fingerprint density at radius 3 is 2.33 bits per heavy atom. The minimum Gasteiger partial charge on any atom is -0.478 e. The van der Waals surface area contributed by atoms with E-state index in [1.54, 1.807) is 31.3 Å². The van der Waals surface area contributed by atoms with Gasteiger partial charge in [0, 0.05) is 34.2 Å². The van der Waals surface area contributed by atoms with Gasteiger partial charge in [-0.25, -0.2) is 4.79 Å². The lowest BCUT2D eigenvalue weighted by Crippen LogP contribution is -2.47. The summed E-state index contributed by atoms with van der Waals surface area (Å²) in [5.74, 6) is -2.50. The number of alkyl halides is 3. The number of aryl methyl sites for hydroxylation is 1. The number of aromatic nitrogens is 2. The van der Waals surface area contributed by atoms with E-state index in [1.807, 2.05) is 0 Å². The summed E-state index contributed by atoms with van der Waals surface area (Å²) in [6.07, 6.45) is 4.04. The van der Waals surface area contributed by atoms with Gasteiger partial charge in [-0.2, -0.15) is 0 Å². The van der Waals surface area contributed by atoms with E-state index in [2.05, 4.69) is 5.16 Å². The van der Waals surface area contributed by atoms with Crippen LogP contribution in [0, 0.1) is 6.92 Å². The average Bonchev–Trinajstić information content (AvgIpc) is 3.43. The van der Waals surface area contributed by atoms with E-state index in [-0.39, 0.29) is 49.6 Å². The summed E-state index contributed by atoms with van der Waals surface area (Å²) >= 11 is 36.8. The maximum atomic E-state index is 14.5. The van der Waals surface area contributed by atoms with Gasteiger partial charge >= 0.3 is 5.97 Å². The van der Waals surface area contributed by atoms with E-state index in [4.69, 9.17) is 79.9 Å². The molecule has 14 heteroatoms. The number of hydrogen-bond donors (Lipinski definition) is 2. The number of amides is 1. The molecule has 4 aromatic rings. The van der Waals surface area contributed by atoms with Crippen molar-refractivity contribution in [2.24, 2.45) is 5.73 Å². The summed E-state index contributed by atoms with van der Waals surface area (Å²) in [5, 5.41) is 15.0. The van der Waals surface area contributed by atoms with Gasteiger partial charge in [-0.05, 0) is 55.2 Å². The van der Waals surface area contributed by atoms with Crippen molar-refractivity contribution in [3.8, 4) is 11.3 Å². The molecule has 3 N–H and O–H groups in total. The molecule has 43 heavy (non-hydrogen) atoms. The summed E-state index contributed by atoms with van der Waals surface area (Å²) in [7, 11) is 0. The van der Waals surface area contributed by atoms with Gasteiger partial charge in [0.15, 0.2) is 9.55 Å². The van der Waals surface area contributed by atoms with Crippen molar-refractivity contribution in [1.29, 1.82) is 0 Å². The predicted octanol–water partition coefficient (Wildman–Crippen LogP) is 8.39. The van der Waals surface area contributed by atoms with Crippen molar-refractivity contribution in [2.45, 2.75) is 41.8 Å². The zero-order valence-electron chi connectivity index (χ0n) is 22.2. The Kier molecular flexibility index (Phi) is 8.59. The second kappa shape index (κ2) is 11.7. The van der Waals surface area contributed by atoms with Crippen LogP contribution >= 0.6 is 69.6 Å². The zero-order valence-corrected chi connectivity index (χ0v) is 26.7. The smallest absolute Gasteiger partial charge is 0.331 e. The lowest BCUT2D eigenvalue weighted by Gasteiger charge is -2.36. The van der Waals surface area contributed by atoms with Crippen LogP contribution in [0.15, 0.2) is 46.6 Å². The third-order valence-electron chi connectivity index (χ3n) is 7.53. The van der Waals surface area contributed by atoms with Crippen molar-refractivity contribution >= 4 is 104 Å². The molecular formula is C29H21Cl6N3O5. The van der Waals surface area contributed by atoms with Gasteiger partial charge in [0.05, 0.1) is 15.6 Å². The molecule has 0 saturated heterocycles. The Morgan fingerprint density at radius 2 is 1.79 bits per heavy atom. The van der Waals surface area contributed by atoms with Crippen LogP contribution in [0.3, 0.4) is 0 Å². The molecule has 2 aromatic carbocycles. The van der Waals surface area contributed by atoms with Gasteiger partial charge in [0.2, 0.25) is 5.91 Å². The van der Waals surface area contributed by atoms with Crippen molar-refractivity contribution < 1.29 is 24.0 Å². The molecule has 1 aliphatic rings. The highest BCUT2D eigenvalue weighted by molar-refractivity contribution is 6.67. The SMILES string of the molecule is Cc1cn(C(=O)c2c(-c3c(Cl)cc(Cl)cc3Cl)noc2C2(C(N)=O)CCC2)c2cccc(/C=C(\CC(Cl)(Cl)Cl)C(=O)O)c12. The van der Waals surface area contributed by atoms with Gasteiger partial charge in [-0.3, -0.25) is 14.2 Å². The fourth-order valence-corrected chi connectivity index (χ4v) is 6.81. The standard InChI is InChI=1S/C29H21Cl6N3O5/c1-13-12-38(19-5-2-4-14(20(13)19)8-15(26(40)41)11-29(33,34)35)25(39)22-23(21-17(31)9-16(30)10-18(21)32)37-43-24(22)28(27(36)42)6-3-7-28/h2,4-5,8-10,12H,3,6-7,11H2,1H3,(H2,36,42)(H,40,41)/b15-8+. The summed E-state index contributed by atoms with van der Waals surface area (Å²) in [5.41, 5.74) is 6.17. The summed E-state index contributed by atoms with van der Waals surface area (Å²) in [4.78, 5) is 39.2. The Morgan fingerprint density at radius 1 is 1.14 bits per heavy atom. The molecule has 1 saturated carbocycles. The number of carbonyl (C=O) groups excluding carboxylic acids is 2. The van der Waals surface area contributed by atoms with Crippen LogP contribution in [0.2, 0.25) is 15.1 Å². The molecule has 0 bridgehead atoms. The number of primary amides is 1. The normalized spacial score (nSPS) is 15.0. The van der Waals surface area contributed by atoms with Crippen LogP contribution in [-0.2, 0) is 15.0 Å². The number of benzene rings is 2. The van der Waals surface area contributed by atoms with Crippen molar-refractivity contribution in [1.82, 2.24) is 9.72 Å². The van der Waals surface area contributed by atoms with Crippen LogP contribution in [0.4, 0.5) is 0 Å². The quantitative estimate of drug-likeness (QED) is 0.147. The van der Waals surface area contributed by atoms with E-state index >= 15 is 0 Å². The van der Waals surface area contributed by atoms with E-state index in [9.17, 15) is 19.5 Å². The van der Waals surface area contributed by atoms with Gasteiger partial charge in [0.1, 0.15) is 16.7 Å². The van der Waals surface area contributed by atoms with Crippen LogP contribution < -0.4 is 5.73 Å². The molecule has 8 nitrogen and oxygen atoms in total. The van der Waals surface area contributed by atoms with E-state index < -0.39 is 27.0 Å². The van der Waals surface area contributed by atoms with Gasteiger partial charge in [0.25, 0.3) is 5.91 Å². The fraction of sp³-hybridized carbons (Fsp3) is 0.241. The molecule has 0 radical (unpaired) electrons. The minimum absolute atomic E-state index is 0.0136. The number of carboxylic acid groups (broad SMARTS) is 1. The molecule has 0 atom stereocenters. The molecule has 1 amide bonds. The van der Waals surface area contributed by atoms with Gasteiger partial charge in [-0.15, -0.1) is 0 Å². The number of halogens is 6. The first-order valence-corrected chi connectivity index (χ1v) is 15.0. The Bertz CT molecular complexity index is 1830. The molecular weight excluding hydrogens is 683 g/mol. The number of fused-ring (bicyclic) bond motifs is 1. The number of aliphatic carboxylic acids is 1. The number of nitrogens with zero attached hydrogens (tertiary/aromatic N) is 2. The highest BCUT2D eigenvalue weighted by Gasteiger charge is 2.51. The second-order valence-corrected chi connectivity index (χ2v) is 14.0. The molecule has 224 valence electrons. The maximum Gasteiger partial charge on any atom is 0.331 e. The number of hydrogen-bond acceptors (Lipinski definition) is 5. The topological polar surface area (TPSA) is 128 Å². The first-order chi connectivity index (χ1) is 20.1. The van der Waals surface area contributed by atoms with Gasteiger partial charge < -0.3 is 15.4 Å². The predicted molar refractivity (Wildman–Crippen MR) is 169 cm³/mol. The summed E-state index contributed by atoms with van der Waals surface area (Å²) < 4.78 is 5.25. The third kappa shape index (κ3) is 5.77. The monoisotopic (exact) mass is 701 g/mol. The molecule has 0 unspecified atom stereocenters. The lowest BCUT2D eigenvalue weighted by molar-refractivity contribution is -0.132. The van der Waals surface area contributed by atoms with Crippen molar-refractivity contribution in [3.63, 3.8) is 0 Å². The van der Waals surface area contributed by atoms with Crippen molar-refractivity contribution in [3.05, 3.63) is 79.6 Å². The zero-order chi connectivity index (χ0) is 31.4. The molecule has 2 aromatic heterocycles. The van der Waals surface area contributed by atoms with Crippen LogP contribution in [0.5, 0.6) is 0 Å². The number of nitrogens with two attached hydrogens (primary N) is 1. The number of rotatable bonds is 7. The fourth-order valence-electron chi connectivity index (χ4n) is 5.39. The molecule has 0 aliphatic heterocycles. The third-order valence-corrected chi connectivity index (χ3v) is 8.74. The highest BCUT2D eigenvalue weighted by Crippen LogP contribution is 2.49. The van der Waals surface area contributed by atoms with Crippen molar-refractivity contribution in [2.75, 3.05) is 0 Å². The highest BCUT2D eigenvalue weighted by atomic mass is 35.6. The van der Waals surface area contributed by atoms with Crippen LogP contribution in [0.1, 0.15) is 52.9 Å². The number of carboxylic acids is 1. The molecule has 0 spiro atoms. The Labute approximate surface area is 275 Å². The Hall–Kier alpha value is -2.72. The largest absolute Gasteiger partial charge is 0.478 e. The first-order valence-electron chi connectivity index (χ1n) is 12.8. The molecule has 2 heterocycles. The minimum atomic E-state index is -1.84. The van der Waals surface area contributed by atoms with E-state index in [1.165, 1.54) is 22.8 Å². The number of carbonyl (C=O) groups is 3. The first kappa shape index (κ1) is 31.7. The Balaban J connectivity index is 1.74. The van der Waals surface area contributed by atoms with E-state index in [0.29, 0.717) is 41.3 Å².